The molecule has 2 aliphatic heterocycles. The smallest absolute Gasteiger partial charge is 0.243 e. The van der Waals surface area contributed by atoms with Crippen LogP contribution in [-0.2, 0) is 26.0 Å². The van der Waals surface area contributed by atoms with Crippen molar-refractivity contribution in [2.75, 3.05) is 18.0 Å². The highest BCUT2D eigenvalue weighted by Gasteiger charge is 2.36. The lowest BCUT2D eigenvalue weighted by Crippen LogP contribution is -2.47. The van der Waals surface area contributed by atoms with Crippen LogP contribution in [0, 0.1) is 5.92 Å². The van der Waals surface area contributed by atoms with E-state index in [1.54, 1.807) is 23.1 Å². The maximum atomic E-state index is 13.4. The molecular formula is C23H33N3O4S. The molecule has 3 aliphatic rings. The summed E-state index contributed by atoms with van der Waals surface area (Å²) < 4.78 is 28.2. The Labute approximate surface area is 185 Å². The predicted octanol–water partition coefficient (Wildman–Crippen LogP) is 2.83. The first-order valence-electron chi connectivity index (χ1n) is 11.5. The van der Waals surface area contributed by atoms with Crippen molar-refractivity contribution >= 4 is 27.5 Å². The van der Waals surface area contributed by atoms with Gasteiger partial charge in [-0.25, -0.2) is 8.42 Å². The number of sulfonamides is 1. The van der Waals surface area contributed by atoms with E-state index in [0.717, 1.165) is 43.4 Å². The van der Waals surface area contributed by atoms with E-state index in [9.17, 15) is 18.0 Å². The zero-order chi connectivity index (χ0) is 22.2. The fourth-order valence-corrected chi connectivity index (χ4v) is 6.91. The second-order valence-corrected chi connectivity index (χ2v) is 11.2. The highest BCUT2D eigenvalue weighted by molar-refractivity contribution is 7.89. The Balaban J connectivity index is 1.48. The molecule has 31 heavy (non-hydrogen) atoms. The Morgan fingerprint density at radius 2 is 1.81 bits per heavy atom. The van der Waals surface area contributed by atoms with E-state index in [1.807, 2.05) is 6.92 Å². The monoisotopic (exact) mass is 447 g/mol. The van der Waals surface area contributed by atoms with Gasteiger partial charge in [0, 0.05) is 37.8 Å². The lowest BCUT2D eigenvalue weighted by atomic mass is 9.93. The van der Waals surface area contributed by atoms with Crippen LogP contribution in [0.3, 0.4) is 0 Å². The first-order valence-corrected chi connectivity index (χ1v) is 12.9. The molecule has 1 N–H and O–H groups in total. The minimum absolute atomic E-state index is 0.00771. The van der Waals surface area contributed by atoms with Gasteiger partial charge in [0.25, 0.3) is 0 Å². The number of fused-ring (bicyclic) bond motifs is 1. The molecule has 170 valence electrons. The molecule has 2 atom stereocenters. The van der Waals surface area contributed by atoms with Crippen molar-refractivity contribution in [1.29, 1.82) is 0 Å². The van der Waals surface area contributed by atoms with Gasteiger partial charge in [0.2, 0.25) is 21.8 Å². The molecule has 2 heterocycles. The highest BCUT2D eigenvalue weighted by atomic mass is 32.2. The van der Waals surface area contributed by atoms with E-state index in [-0.39, 0.29) is 41.3 Å². The number of hydrogen-bond acceptors (Lipinski definition) is 4. The fourth-order valence-electron chi connectivity index (χ4n) is 5.34. The van der Waals surface area contributed by atoms with Crippen molar-refractivity contribution in [3.63, 3.8) is 0 Å². The maximum Gasteiger partial charge on any atom is 0.243 e. The van der Waals surface area contributed by atoms with Crippen LogP contribution in [0.5, 0.6) is 0 Å². The highest BCUT2D eigenvalue weighted by Crippen LogP contribution is 2.35. The standard InChI is InChI=1S/C23H33N3O4S/c1-16-13-19-14-21(10-11-22(19)26(16)17(2)27)31(29,30)25-12-6-7-18(15-25)23(28)24-20-8-4-3-5-9-20/h10-11,14,16,18,20H,3-9,12-13,15H2,1-2H3,(H,24,28)/t16-,18+/m0/s1. The molecule has 1 saturated carbocycles. The van der Waals surface area contributed by atoms with Crippen LogP contribution in [-0.4, -0.2) is 49.7 Å². The molecule has 0 radical (unpaired) electrons. The summed E-state index contributed by atoms with van der Waals surface area (Å²) >= 11 is 0. The minimum atomic E-state index is -3.69. The molecule has 8 heteroatoms. The van der Waals surface area contributed by atoms with E-state index in [4.69, 9.17) is 0 Å². The lowest BCUT2D eigenvalue weighted by molar-refractivity contribution is -0.127. The summed E-state index contributed by atoms with van der Waals surface area (Å²) in [6.07, 6.45) is 7.61. The van der Waals surface area contributed by atoms with E-state index < -0.39 is 10.0 Å². The van der Waals surface area contributed by atoms with Crippen molar-refractivity contribution < 1.29 is 18.0 Å². The van der Waals surface area contributed by atoms with Gasteiger partial charge in [-0.3, -0.25) is 9.59 Å². The van der Waals surface area contributed by atoms with Gasteiger partial charge in [-0.05, 0) is 62.8 Å². The zero-order valence-electron chi connectivity index (χ0n) is 18.5. The number of hydrogen-bond donors (Lipinski definition) is 1. The number of piperidine rings is 1. The number of carbonyl (C=O) groups excluding carboxylic acids is 2. The molecule has 1 aromatic carbocycles. The summed E-state index contributed by atoms with van der Waals surface area (Å²) in [6.45, 7) is 4.16. The van der Waals surface area contributed by atoms with E-state index in [2.05, 4.69) is 5.32 Å². The number of nitrogens with one attached hydrogen (secondary N) is 1. The Morgan fingerprint density at radius 1 is 1.06 bits per heavy atom. The van der Waals surface area contributed by atoms with Crippen molar-refractivity contribution in [3.05, 3.63) is 23.8 Å². The van der Waals surface area contributed by atoms with E-state index >= 15 is 0 Å². The number of amides is 2. The summed E-state index contributed by atoms with van der Waals surface area (Å²) in [6, 6.07) is 5.29. The topological polar surface area (TPSA) is 86.8 Å². The third-order valence-electron chi connectivity index (χ3n) is 6.95. The Kier molecular flexibility index (Phi) is 6.40. The van der Waals surface area contributed by atoms with Crippen molar-refractivity contribution in [2.45, 2.75) is 82.2 Å². The number of rotatable bonds is 4. The van der Waals surface area contributed by atoms with Crippen LogP contribution in [0.15, 0.2) is 23.1 Å². The Hall–Kier alpha value is -1.93. The third-order valence-corrected chi connectivity index (χ3v) is 8.81. The second-order valence-electron chi connectivity index (χ2n) is 9.28. The average molecular weight is 448 g/mol. The zero-order valence-corrected chi connectivity index (χ0v) is 19.3. The van der Waals surface area contributed by atoms with Gasteiger partial charge >= 0.3 is 0 Å². The largest absolute Gasteiger partial charge is 0.353 e. The van der Waals surface area contributed by atoms with Gasteiger partial charge in [-0.15, -0.1) is 0 Å². The normalized spacial score (nSPS) is 25.3. The van der Waals surface area contributed by atoms with E-state index in [1.165, 1.54) is 17.6 Å². The lowest BCUT2D eigenvalue weighted by Gasteiger charge is -2.33. The van der Waals surface area contributed by atoms with Crippen LogP contribution in [0.1, 0.15) is 64.4 Å². The van der Waals surface area contributed by atoms with Gasteiger partial charge in [-0.2, -0.15) is 4.31 Å². The van der Waals surface area contributed by atoms with Gasteiger partial charge in [0.1, 0.15) is 0 Å². The molecule has 0 spiro atoms. The van der Waals surface area contributed by atoms with E-state index in [0.29, 0.717) is 19.4 Å². The summed E-state index contributed by atoms with van der Waals surface area (Å²) in [5.41, 5.74) is 1.68. The number of benzene rings is 1. The molecule has 0 bridgehead atoms. The van der Waals surface area contributed by atoms with Gasteiger partial charge in [-0.1, -0.05) is 19.3 Å². The van der Waals surface area contributed by atoms with Crippen LogP contribution in [0.25, 0.3) is 0 Å². The second kappa shape index (κ2) is 8.90. The summed E-state index contributed by atoms with van der Waals surface area (Å²) in [4.78, 5) is 26.7. The molecule has 4 rings (SSSR count). The van der Waals surface area contributed by atoms with Crippen molar-refractivity contribution in [2.24, 2.45) is 5.92 Å². The molecule has 0 unspecified atom stereocenters. The van der Waals surface area contributed by atoms with Gasteiger partial charge < -0.3 is 10.2 Å². The van der Waals surface area contributed by atoms with Crippen LogP contribution >= 0.6 is 0 Å². The molecule has 1 saturated heterocycles. The Morgan fingerprint density at radius 3 is 2.52 bits per heavy atom. The number of carbonyl (C=O) groups is 2. The fraction of sp³-hybridized carbons (Fsp3) is 0.652. The Bertz CT molecular complexity index is 956. The first kappa shape index (κ1) is 22.3. The molecule has 0 aromatic heterocycles. The molecule has 7 nitrogen and oxygen atoms in total. The predicted molar refractivity (Wildman–Crippen MR) is 119 cm³/mol. The molecule has 1 aromatic rings. The van der Waals surface area contributed by atoms with Crippen LogP contribution < -0.4 is 10.2 Å². The SMILES string of the molecule is CC(=O)N1c2ccc(S(=O)(=O)N3CCC[C@@H](C(=O)NC4CCCCC4)C3)cc2C[C@@H]1C. The maximum absolute atomic E-state index is 13.4. The minimum Gasteiger partial charge on any atom is -0.353 e. The summed E-state index contributed by atoms with van der Waals surface area (Å²) in [5, 5.41) is 3.16. The van der Waals surface area contributed by atoms with Crippen molar-refractivity contribution in [3.8, 4) is 0 Å². The molecular weight excluding hydrogens is 414 g/mol. The van der Waals surface area contributed by atoms with Crippen LogP contribution in [0.2, 0.25) is 0 Å². The number of nitrogens with zero attached hydrogens (tertiary/aromatic N) is 2. The van der Waals surface area contributed by atoms with Crippen LogP contribution in [0.4, 0.5) is 5.69 Å². The number of anilines is 1. The molecule has 1 aliphatic carbocycles. The average Bonchev–Trinajstić information content (AvgIpc) is 3.09. The quantitative estimate of drug-likeness (QED) is 0.769. The van der Waals surface area contributed by atoms with Gasteiger partial charge in [0.05, 0.1) is 10.8 Å². The van der Waals surface area contributed by atoms with Crippen molar-refractivity contribution in [1.82, 2.24) is 9.62 Å². The van der Waals surface area contributed by atoms with Gasteiger partial charge in [0.15, 0.2) is 0 Å². The first-order chi connectivity index (χ1) is 14.8. The summed E-state index contributed by atoms with van der Waals surface area (Å²) in [5.74, 6) is -0.343. The summed E-state index contributed by atoms with van der Waals surface area (Å²) in [7, 11) is -3.69. The molecule has 2 fully saturated rings. The molecule has 2 amide bonds. The third kappa shape index (κ3) is 4.51.